The summed E-state index contributed by atoms with van der Waals surface area (Å²) < 4.78 is 42.1. The van der Waals surface area contributed by atoms with Crippen molar-refractivity contribution in [1.29, 1.82) is 0 Å². The van der Waals surface area contributed by atoms with Gasteiger partial charge in [-0.3, -0.25) is 4.79 Å². The first-order valence-electron chi connectivity index (χ1n) is 10.6. The highest BCUT2D eigenvalue weighted by molar-refractivity contribution is 7.89. The molecule has 0 radical (unpaired) electrons. The number of para-hydroxylation sites is 2. The first kappa shape index (κ1) is 24.8. The molecule has 0 aliphatic carbocycles. The minimum absolute atomic E-state index is 0.0913. The van der Waals surface area contributed by atoms with E-state index in [9.17, 15) is 18.0 Å². The third-order valence-corrected chi connectivity index (χ3v) is 7.03. The number of hydrogen-bond donors (Lipinski definition) is 1. The molecule has 35 heavy (non-hydrogen) atoms. The molecule has 1 aliphatic heterocycles. The number of primary sulfonamides is 1. The van der Waals surface area contributed by atoms with Crippen molar-refractivity contribution in [1.82, 2.24) is 4.57 Å². The van der Waals surface area contributed by atoms with Gasteiger partial charge in [0.2, 0.25) is 15.8 Å². The fourth-order valence-electron chi connectivity index (χ4n) is 3.86. The van der Waals surface area contributed by atoms with E-state index in [0.717, 1.165) is 11.8 Å². The highest BCUT2D eigenvalue weighted by atomic mass is 35.5. The number of fused-ring (bicyclic) bond motifs is 1. The molecule has 11 heteroatoms. The molecule has 2 N–H and O–H groups in total. The molecular weight excluding hydrogens is 496 g/mol. The number of esters is 1. The van der Waals surface area contributed by atoms with Gasteiger partial charge in [0, 0.05) is 17.0 Å². The number of carbonyl (C=O) groups is 2. The van der Waals surface area contributed by atoms with Crippen molar-refractivity contribution in [2.75, 3.05) is 13.2 Å². The lowest BCUT2D eigenvalue weighted by atomic mass is 10.1. The Labute approximate surface area is 207 Å². The number of rotatable bonds is 7. The van der Waals surface area contributed by atoms with Crippen molar-refractivity contribution in [3.8, 4) is 11.5 Å². The van der Waals surface area contributed by atoms with Gasteiger partial charge >= 0.3 is 5.97 Å². The quantitative estimate of drug-likeness (QED) is 0.375. The van der Waals surface area contributed by atoms with Gasteiger partial charge in [-0.1, -0.05) is 23.7 Å². The zero-order valence-electron chi connectivity index (χ0n) is 19.0. The summed E-state index contributed by atoms with van der Waals surface area (Å²) in [7, 11) is -4.13. The van der Waals surface area contributed by atoms with E-state index in [0.29, 0.717) is 35.9 Å². The van der Waals surface area contributed by atoms with Gasteiger partial charge in [-0.05, 0) is 50.2 Å². The van der Waals surface area contributed by atoms with Gasteiger partial charge in [-0.25, -0.2) is 18.4 Å². The lowest BCUT2D eigenvalue weighted by Gasteiger charge is -2.27. The zero-order valence-corrected chi connectivity index (χ0v) is 20.6. The number of Topliss-reactive ketones (excluding diaryl/α,β-unsaturated/α-hetero) is 1. The number of ether oxygens (including phenoxy) is 3. The summed E-state index contributed by atoms with van der Waals surface area (Å²) in [4.78, 5) is 24.8. The van der Waals surface area contributed by atoms with Crippen molar-refractivity contribution >= 4 is 33.4 Å². The molecule has 0 spiro atoms. The molecule has 4 rings (SSSR count). The summed E-state index contributed by atoms with van der Waals surface area (Å²) >= 11 is 5.84. The number of benzene rings is 2. The molecule has 2 aromatic carbocycles. The van der Waals surface area contributed by atoms with Crippen LogP contribution in [0.4, 0.5) is 0 Å². The van der Waals surface area contributed by atoms with E-state index in [1.54, 1.807) is 13.0 Å². The molecular formula is C24H23ClN2O7S. The van der Waals surface area contributed by atoms with Crippen LogP contribution in [0.3, 0.4) is 0 Å². The zero-order chi connectivity index (χ0) is 25.3. The fourth-order valence-corrected chi connectivity index (χ4v) is 4.93. The summed E-state index contributed by atoms with van der Waals surface area (Å²) in [6.07, 6.45) is -0.242. The summed E-state index contributed by atoms with van der Waals surface area (Å²) in [5.74, 6) is 0.0890. The number of ketones is 1. The number of nitrogens with zero attached hydrogens (tertiary/aromatic N) is 1. The first-order chi connectivity index (χ1) is 16.5. The van der Waals surface area contributed by atoms with Gasteiger partial charge in [0.1, 0.15) is 11.5 Å². The maximum Gasteiger partial charge on any atom is 0.338 e. The molecule has 1 atom stereocenters. The largest absolute Gasteiger partial charge is 0.486 e. The Bertz CT molecular complexity index is 1420. The number of halogens is 1. The van der Waals surface area contributed by atoms with E-state index in [-0.39, 0.29) is 16.7 Å². The molecule has 0 amide bonds. The summed E-state index contributed by atoms with van der Waals surface area (Å²) in [6, 6.07) is 12.7. The highest BCUT2D eigenvalue weighted by Gasteiger charge is 2.25. The molecule has 0 unspecified atom stereocenters. The average Bonchev–Trinajstić information content (AvgIpc) is 3.10. The van der Waals surface area contributed by atoms with E-state index < -0.39 is 33.3 Å². The van der Waals surface area contributed by atoms with Gasteiger partial charge in [0.05, 0.1) is 17.1 Å². The lowest BCUT2D eigenvalue weighted by Crippen LogP contribution is -2.33. The second kappa shape index (κ2) is 9.73. The van der Waals surface area contributed by atoms with Crippen molar-refractivity contribution in [2.24, 2.45) is 5.14 Å². The van der Waals surface area contributed by atoms with Crippen molar-refractivity contribution in [3.63, 3.8) is 0 Å². The summed E-state index contributed by atoms with van der Waals surface area (Å²) in [5.41, 5.74) is 1.87. The molecule has 184 valence electrons. The van der Waals surface area contributed by atoms with E-state index in [4.69, 9.17) is 31.0 Å². The van der Waals surface area contributed by atoms with Gasteiger partial charge in [0.15, 0.2) is 24.2 Å². The molecule has 9 nitrogen and oxygen atoms in total. The molecule has 3 aromatic rings. The third-order valence-electron chi connectivity index (χ3n) is 5.64. The maximum atomic E-state index is 12.8. The lowest BCUT2D eigenvalue weighted by molar-refractivity contribution is 0.0474. The van der Waals surface area contributed by atoms with Gasteiger partial charge in [-0.2, -0.15) is 0 Å². The second-order valence-electron chi connectivity index (χ2n) is 8.08. The van der Waals surface area contributed by atoms with Crippen LogP contribution in [0.1, 0.15) is 32.1 Å². The van der Waals surface area contributed by atoms with Crippen LogP contribution in [-0.2, 0) is 21.3 Å². The van der Waals surface area contributed by atoms with Crippen LogP contribution in [0, 0.1) is 13.8 Å². The minimum Gasteiger partial charge on any atom is -0.486 e. The molecule has 0 fully saturated rings. The molecule has 0 saturated heterocycles. The average molecular weight is 519 g/mol. The molecule has 2 heterocycles. The smallest absolute Gasteiger partial charge is 0.338 e. The normalized spacial score (nSPS) is 15.0. The van der Waals surface area contributed by atoms with E-state index in [1.807, 2.05) is 35.8 Å². The van der Waals surface area contributed by atoms with Crippen LogP contribution in [0.25, 0.3) is 0 Å². The second-order valence-corrected chi connectivity index (χ2v) is 10.0. The standard InChI is InChI=1S/C24H23ClN2O7S/c1-14-9-18(15(2)27(14)11-17-12-32-21-5-3-4-6-22(21)34-17)20(28)13-33-24(29)16-7-8-19(25)23(10-16)35(26,30)31/h3-10,17H,11-13H2,1-2H3,(H2,26,30,31)/t17-/m0/s1. The molecule has 1 aliphatic rings. The number of aryl methyl sites for hydroxylation is 1. The van der Waals surface area contributed by atoms with Gasteiger partial charge < -0.3 is 18.8 Å². The van der Waals surface area contributed by atoms with Crippen LogP contribution in [-0.4, -0.2) is 44.1 Å². The maximum absolute atomic E-state index is 12.8. The molecule has 1 aromatic heterocycles. The first-order valence-corrected chi connectivity index (χ1v) is 12.5. The summed E-state index contributed by atoms with van der Waals surface area (Å²) in [5, 5.41) is 4.99. The fraction of sp³-hybridized carbons (Fsp3) is 0.250. The number of aromatic nitrogens is 1. The van der Waals surface area contributed by atoms with E-state index >= 15 is 0 Å². The Balaban J connectivity index is 1.43. The van der Waals surface area contributed by atoms with Crippen LogP contribution in [0.2, 0.25) is 5.02 Å². The number of nitrogens with two attached hydrogens (primary N) is 1. The van der Waals surface area contributed by atoms with Crippen LogP contribution in [0.15, 0.2) is 53.4 Å². The Morgan fingerprint density at radius 1 is 1.14 bits per heavy atom. The topological polar surface area (TPSA) is 127 Å². The van der Waals surface area contributed by atoms with Crippen molar-refractivity contribution in [3.05, 3.63) is 76.1 Å². The Morgan fingerprint density at radius 3 is 2.57 bits per heavy atom. The van der Waals surface area contributed by atoms with Gasteiger partial charge in [-0.15, -0.1) is 0 Å². The Morgan fingerprint density at radius 2 is 1.86 bits per heavy atom. The van der Waals surface area contributed by atoms with E-state index in [2.05, 4.69) is 0 Å². The highest BCUT2D eigenvalue weighted by Crippen LogP contribution is 2.31. The SMILES string of the molecule is Cc1cc(C(=O)COC(=O)c2ccc(Cl)c(S(N)(=O)=O)c2)c(C)n1C[C@H]1COc2ccccc2O1. The van der Waals surface area contributed by atoms with E-state index in [1.165, 1.54) is 12.1 Å². The van der Waals surface area contributed by atoms with Crippen LogP contribution in [0.5, 0.6) is 11.5 Å². The number of carbonyl (C=O) groups excluding carboxylic acids is 2. The Hall–Kier alpha value is -3.34. The van der Waals surface area contributed by atoms with Crippen LogP contribution >= 0.6 is 11.6 Å². The van der Waals surface area contributed by atoms with Crippen molar-refractivity contribution in [2.45, 2.75) is 31.4 Å². The van der Waals surface area contributed by atoms with Crippen LogP contribution < -0.4 is 14.6 Å². The number of hydrogen-bond acceptors (Lipinski definition) is 7. The predicted molar refractivity (Wildman–Crippen MR) is 128 cm³/mol. The van der Waals surface area contributed by atoms with Gasteiger partial charge in [0.25, 0.3) is 0 Å². The van der Waals surface area contributed by atoms with Crippen molar-refractivity contribution < 1.29 is 32.2 Å². The molecule has 0 bridgehead atoms. The predicted octanol–water partition coefficient (Wildman–Crippen LogP) is 3.29. The third kappa shape index (κ3) is 5.34. The Kier molecular flexibility index (Phi) is 6.88. The minimum atomic E-state index is -4.13. The summed E-state index contributed by atoms with van der Waals surface area (Å²) in [6.45, 7) is 4.00. The monoisotopic (exact) mass is 518 g/mol. The number of sulfonamides is 1. The molecule has 0 saturated carbocycles.